The first-order valence-electron chi connectivity index (χ1n) is 5.71. The van der Waals surface area contributed by atoms with Crippen LogP contribution < -0.4 is 10.5 Å². The second-order valence-corrected chi connectivity index (χ2v) is 3.63. The number of carbonyl (C=O) groups excluding carboxylic acids is 1. The lowest BCUT2D eigenvalue weighted by Gasteiger charge is -2.09. The Bertz CT molecular complexity index is 573. The zero-order valence-corrected chi connectivity index (χ0v) is 10.4. The van der Waals surface area contributed by atoms with Crippen LogP contribution in [0.1, 0.15) is 17.3 Å². The van der Waals surface area contributed by atoms with Gasteiger partial charge in [-0.25, -0.2) is 9.78 Å². The molecule has 2 N–H and O–H groups in total. The van der Waals surface area contributed by atoms with E-state index in [4.69, 9.17) is 15.2 Å². The number of aromatic nitrogens is 2. The Morgan fingerprint density at radius 1 is 1.42 bits per heavy atom. The lowest BCUT2D eigenvalue weighted by atomic mass is 10.2. The summed E-state index contributed by atoms with van der Waals surface area (Å²) in [5.41, 5.74) is 6.17. The molecule has 0 aliphatic carbocycles. The molecule has 2 rings (SSSR count). The molecule has 0 saturated carbocycles. The molecule has 0 aliphatic heterocycles. The van der Waals surface area contributed by atoms with E-state index in [1.54, 1.807) is 25.3 Å². The van der Waals surface area contributed by atoms with E-state index in [0.717, 1.165) is 0 Å². The number of rotatable bonds is 4. The van der Waals surface area contributed by atoms with Crippen LogP contribution in [0.25, 0.3) is 0 Å². The largest absolute Gasteiger partial charge is 0.462 e. The maximum atomic E-state index is 11.8. The van der Waals surface area contributed by atoms with Gasteiger partial charge in [0.05, 0.1) is 24.7 Å². The monoisotopic (exact) mass is 259 g/mol. The molecule has 6 heteroatoms. The highest BCUT2D eigenvalue weighted by molar-refractivity contribution is 5.92. The number of hydrogen-bond donors (Lipinski definition) is 1. The Morgan fingerprint density at radius 3 is 2.95 bits per heavy atom. The maximum Gasteiger partial charge on any atom is 0.343 e. The van der Waals surface area contributed by atoms with Gasteiger partial charge in [-0.1, -0.05) is 0 Å². The van der Waals surface area contributed by atoms with Gasteiger partial charge in [-0.05, 0) is 25.1 Å². The Hall–Kier alpha value is -2.63. The molecule has 6 nitrogen and oxygen atoms in total. The van der Waals surface area contributed by atoms with Gasteiger partial charge in [0, 0.05) is 6.20 Å². The third kappa shape index (κ3) is 3.19. The van der Waals surface area contributed by atoms with Gasteiger partial charge in [-0.3, -0.25) is 4.98 Å². The molecular weight excluding hydrogens is 246 g/mol. The second kappa shape index (κ2) is 5.81. The summed E-state index contributed by atoms with van der Waals surface area (Å²) in [7, 11) is 0. The van der Waals surface area contributed by atoms with Gasteiger partial charge in [0.1, 0.15) is 11.3 Å². The SMILES string of the molecule is CCOC(=O)c1cc(N)cnc1Oc1cccnc1. The summed E-state index contributed by atoms with van der Waals surface area (Å²) in [6.45, 7) is 1.99. The normalized spacial score (nSPS) is 9.95. The Labute approximate surface area is 110 Å². The third-order valence-corrected chi connectivity index (χ3v) is 2.22. The molecule has 0 amide bonds. The van der Waals surface area contributed by atoms with Crippen LogP contribution in [0.15, 0.2) is 36.8 Å². The summed E-state index contributed by atoms with van der Waals surface area (Å²) in [6.07, 6.45) is 4.55. The van der Waals surface area contributed by atoms with Crippen LogP contribution in [0.5, 0.6) is 11.6 Å². The van der Waals surface area contributed by atoms with Crippen molar-refractivity contribution in [2.24, 2.45) is 0 Å². The van der Waals surface area contributed by atoms with E-state index < -0.39 is 5.97 Å². The van der Waals surface area contributed by atoms with E-state index in [-0.39, 0.29) is 18.1 Å². The lowest BCUT2D eigenvalue weighted by molar-refractivity contribution is 0.0523. The molecule has 0 aliphatic rings. The molecule has 0 radical (unpaired) electrons. The predicted octanol–water partition coefficient (Wildman–Crippen LogP) is 2.03. The van der Waals surface area contributed by atoms with E-state index in [1.165, 1.54) is 18.5 Å². The lowest BCUT2D eigenvalue weighted by Crippen LogP contribution is -2.08. The quantitative estimate of drug-likeness (QED) is 0.845. The van der Waals surface area contributed by atoms with Crippen molar-refractivity contribution in [2.75, 3.05) is 12.3 Å². The summed E-state index contributed by atoms with van der Waals surface area (Å²) in [4.78, 5) is 19.7. The highest BCUT2D eigenvalue weighted by Crippen LogP contribution is 2.24. The molecule has 0 bridgehead atoms. The number of anilines is 1. The average Bonchev–Trinajstić information content (AvgIpc) is 2.42. The highest BCUT2D eigenvalue weighted by Gasteiger charge is 2.16. The van der Waals surface area contributed by atoms with Crippen LogP contribution in [0.4, 0.5) is 5.69 Å². The van der Waals surface area contributed by atoms with Crippen LogP contribution in [-0.2, 0) is 4.74 Å². The van der Waals surface area contributed by atoms with Gasteiger partial charge in [-0.15, -0.1) is 0 Å². The van der Waals surface area contributed by atoms with E-state index in [1.807, 2.05) is 0 Å². The summed E-state index contributed by atoms with van der Waals surface area (Å²) in [6, 6.07) is 4.90. The standard InChI is InChI=1S/C13H13N3O3/c1-2-18-13(17)11-6-9(14)7-16-12(11)19-10-4-3-5-15-8-10/h3-8H,2,14H2,1H3. The van der Waals surface area contributed by atoms with Gasteiger partial charge in [0.2, 0.25) is 5.88 Å². The first-order valence-corrected chi connectivity index (χ1v) is 5.71. The van der Waals surface area contributed by atoms with Crippen LogP contribution in [0, 0.1) is 0 Å². The van der Waals surface area contributed by atoms with Gasteiger partial charge >= 0.3 is 5.97 Å². The van der Waals surface area contributed by atoms with Crippen LogP contribution in [-0.4, -0.2) is 22.5 Å². The van der Waals surface area contributed by atoms with Crippen LogP contribution in [0.3, 0.4) is 0 Å². The first-order chi connectivity index (χ1) is 9.20. The maximum absolute atomic E-state index is 11.8. The van der Waals surface area contributed by atoms with Gasteiger partial charge < -0.3 is 15.2 Å². The molecule has 0 saturated heterocycles. The molecule has 0 spiro atoms. The molecule has 0 fully saturated rings. The number of pyridine rings is 2. The molecular formula is C13H13N3O3. The van der Waals surface area contributed by atoms with E-state index >= 15 is 0 Å². The summed E-state index contributed by atoms with van der Waals surface area (Å²) < 4.78 is 10.4. The smallest absolute Gasteiger partial charge is 0.343 e. The molecule has 0 aromatic carbocycles. The summed E-state index contributed by atoms with van der Waals surface area (Å²) in [5.74, 6) is 0.0900. The van der Waals surface area contributed by atoms with E-state index in [9.17, 15) is 4.79 Å². The van der Waals surface area contributed by atoms with Crippen molar-refractivity contribution in [3.05, 3.63) is 42.4 Å². The number of hydrogen-bond acceptors (Lipinski definition) is 6. The zero-order chi connectivity index (χ0) is 13.7. The number of carbonyl (C=O) groups is 1. The molecule has 2 aromatic heterocycles. The zero-order valence-electron chi connectivity index (χ0n) is 10.4. The molecule has 0 unspecified atom stereocenters. The fourth-order valence-corrected chi connectivity index (χ4v) is 1.42. The van der Waals surface area contributed by atoms with Crippen molar-refractivity contribution in [2.45, 2.75) is 6.92 Å². The number of nitrogens with two attached hydrogens (primary N) is 1. The summed E-state index contributed by atoms with van der Waals surface area (Å²) >= 11 is 0. The molecule has 98 valence electrons. The topological polar surface area (TPSA) is 87.3 Å². The molecule has 0 atom stereocenters. The van der Waals surface area contributed by atoms with Gasteiger partial charge in [0.25, 0.3) is 0 Å². The van der Waals surface area contributed by atoms with E-state index in [2.05, 4.69) is 9.97 Å². The number of ether oxygens (including phenoxy) is 2. The number of nitrogen functional groups attached to an aromatic ring is 1. The minimum atomic E-state index is -0.527. The van der Waals surface area contributed by atoms with Crippen LogP contribution in [0.2, 0.25) is 0 Å². The summed E-state index contributed by atoms with van der Waals surface area (Å²) in [5, 5.41) is 0. The van der Waals surface area contributed by atoms with Gasteiger partial charge in [-0.2, -0.15) is 0 Å². The van der Waals surface area contributed by atoms with Crippen molar-refractivity contribution < 1.29 is 14.3 Å². The predicted molar refractivity (Wildman–Crippen MR) is 68.9 cm³/mol. The first kappa shape index (κ1) is 12.8. The van der Waals surface area contributed by atoms with Crippen molar-refractivity contribution in [3.8, 4) is 11.6 Å². The van der Waals surface area contributed by atoms with Crippen molar-refractivity contribution >= 4 is 11.7 Å². The van der Waals surface area contributed by atoms with Crippen molar-refractivity contribution in [1.82, 2.24) is 9.97 Å². The fourth-order valence-electron chi connectivity index (χ4n) is 1.42. The second-order valence-electron chi connectivity index (χ2n) is 3.63. The Balaban J connectivity index is 2.32. The van der Waals surface area contributed by atoms with Crippen molar-refractivity contribution in [3.63, 3.8) is 0 Å². The molecule has 2 aromatic rings. The fraction of sp³-hybridized carbons (Fsp3) is 0.154. The minimum absolute atomic E-state index is 0.139. The average molecular weight is 259 g/mol. The van der Waals surface area contributed by atoms with Crippen LogP contribution >= 0.6 is 0 Å². The van der Waals surface area contributed by atoms with Crippen molar-refractivity contribution in [1.29, 1.82) is 0 Å². The molecule has 19 heavy (non-hydrogen) atoms. The molecule has 2 heterocycles. The third-order valence-electron chi connectivity index (χ3n) is 2.22. The van der Waals surface area contributed by atoms with Gasteiger partial charge in [0.15, 0.2) is 0 Å². The van der Waals surface area contributed by atoms with E-state index in [0.29, 0.717) is 11.4 Å². The number of esters is 1. The Morgan fingerprint density at radius 2 is 2.26 bits per heavy atom. The number of nitrogens with zero attached hydrogens (tertiary/aromatic N) is 2. The highest BCUT2D eigenvalue weighted by atomic mass is 16.5. The minimum Gasteiger partial charge on any atom is -0.462 e. The Kier molecular flexibility index (Phi) is 3.92.